The van der Waals surface area contributed by atoms with Gasteiger partial charge < -0.3 is 10.4 Å². The highest BCUT2D eigenvalue weighted by atomic mass is 32.1. The SMILES string of the molecule is Cc1csc(N[C@H]2CC[C@@H](C(=O)O)C2)n1. The number of nitrogens with zero attached hydrogens (tertiary/aromatic N) is 1. The standard InChI is InChI=1S/C10H14N2O2S/c1-6-5-15-10(11-6)12-8-3-2-7(4-8)9(13)14/h5,7-8H,2-4H2,1H3,(H,11,12)(H,13,14)/t7-,8+/m1/s1. The van der Waals surface area contributed by atoms with Gasteiger partial charge in [-0.1, -0.05) is 0 Å². The van der Waals surface area contributed by atoms with E-state index in [4.69, 9.17) is 5.11 Å². The van der Waals surface area contributed by atoms with Crippen molar-refractivity contribution < 1.29 is 9.90 Å². The first-order chi connectivity index (χ1) is 7.15. The van der Waals surface area contributed by atoms with E-state index >= 15 is 0 Å². The molecule has 2 rings (SSSR count). The molecule has 2 N–H and O–H groups in total. The van der Waals surface area contributed by atoms with Gasteiger partial charge in [0, 0.05) is 11.4 Å². The van der Waals surface area contributed by atoms with Crippen molar-refractivity contribution in [1.82, 2.24) is 4.98 Å². The topological polar surface area (TPSA) is 62.2 Å². The van der Waals surface area contributed by atoms with Crippen LogP contribution in [0.2, 0.25) is 0 Å². The van der Waals surface area contributed by atoms with Gasteiger partial charge >= 0.3 is 5.97 Å². The molecule has 0 saturated heterocycles. The Morgan fingerprint density at radius 1 is 1.67 bits per heavy atom. The molecular weight excluding hydrogens is 212 g/mol. The van der Waals surface area contributed by atoms with Gasteiger partial charge in [-0.25, -0.2) is 4.98 Å². The number of carbonyl (C=O) groups is 1. The van der Waals surface area contributed by atoms with Gasteiger partial charge in [0.25, 0.3) is 0 Å². The third-order valence-corrected chi connectivity index (χ3v) is 3.62. The molecule has 0 bridgehead atoms. The van der Waals surface area contributed by atoms with Gasteiger partial charge in [0.1, 0.15) is 0 Å². The number of thiazole rings is 1. The number of aliphatic carboxylic acids is 1. The van der Waals surface area contributed by atoms with Gasteiger partial charge in [0.05, 0.1) is 11.6 Å². The molecule has 4 nitrogen and oxygen atoms in total. The molecule has 0 aliphatic heterocycles. The highest BCUT2D eigenvalue weighted by Crippen LogP contribution is 2.29. The van der Waals surface area contributed by atoms with Gasteiger partial charge in [0.15, 0.2) is 5.13 Å². The lowest BCUT2D eigenvalue weighted by Gasteiger charge is -2.10. The third-order valence-electron chi connectivity index (χ3n) is 2.73. The van der Waals surface area contributed by atoms with Crippen molar-refractivity contribution in [2.45, 2.75) is 32.2 Å². The summed E-state index contributed by atoms with van der Waals surface area (Å²) < 4.78 is 0. The Bertz CT molecular complexity index is 364. The number of hydrogen-bond donors (Lipinski definition) is 2. The van der Waals surface area contributed by atoms with Crippen LogP contribution in [0, 0.1) is 12.8 Å². The van der Waals surface area contributed by atoms with E-state index in [-0.39, 0.29) is 12.0 Å². The second-order valence-electron chi connectivity index (χ2n) is 3.98. The second-order valence-corrected chi connectivity index (χ2v) is 4.84. The number of anilines is 1. The zero-order valence-corrected chi connectivity index (χ0v) is 9.38. The summed E-state index contributed by atoms with van der Waals surface area (Å²) in [6, 6.07) is 0.275. The fourth-order valence-corrected chi connectivity index (χ4v) is 2.70. The number of nitrogens with one attached hydrogen (secondary N) is 1. The summed E-state index contributed by atoms with van der Waals surface area (Å²) in [5.74, 6) is -0.849. The van der Waals surface area contributed by atoms with E-state index in [1.54, 1.807) is 11.3 Å². The maximum atomic E-state index is 10.8. The predicted octanol–water partition coefficient (Wildman–Crippen LogP) is 2.12. The van der Waals surface area contributed by atoms with Crippen molar-refractivity contribution in [1.29, 1.82) is 0 Å². The Balaban J connectivity index is 1.90. The molecule has 1 aromatic rings. The number of aryl methyl sites for hydroxylation is 1. The lowest BCUT2D eigenvalue weighted by Crippen LogP contribution is -2.17. The Morgan fingerprint density at radius 3 is 3.00 bits per heavy atom. The van der Waals surface area contributed by atoms with Crippen LogP contribution in [0.25, 0.3) is 0 Å². The molecule has 15 heavy (non-hydrogen) atoms. The lowest BCUT2D eigenvalue weighted by molar-refractivity contribution is -0.141. The summed E-state index contributed by atoms with van der Waals surface area (Å²) in [6.45, 7) is 1.95. The van der Waals surface area contributed by atoms with E-state index in [1.807, 2.05) is 12.3 Å². The Kier molecular flexibility index (Phi) is 2.90. The first kappa shape index (κ1) is 10.4. The highest BCUT2D eigenvalue weighted by Gasteiger charge is 2.29. The molecular formula is C10H14N2O2S. The summed E-state index contributed by atoms with van der Waals surface area (Å²) in [5.41, 5.74) is 1.01. The van der Waals surface area contributed by atoms with Gasteiger partial charge in [-0.3, -0.25) is 4.79 Å². The number of hydrogen-bond acceptors (Lipinski definition) is 4. The van der Waals surface area contributed by atoms with Crippen molar-refractivity contribution in [2.75, 3.05) is 5.32 Å². The van der Waals surface area contributed by atoms with Crippen molar-refractivity contribution in [3.8, 4) is 0 Å². The van der Waals surface area contributed by atoms with E-state index in [9.17, 15) is 4.79 Å². The summed E-state index contributed by atoms with van der Waals surface area (Å²) in [7, 11) is 0. The van der Waals surface area contributed by atoms with Crippen LogP contribution in [0.15, 0.2) is 5.38 Å². The first-order valence-corrected chi connectivity index (χ1v) is 5.94. The predicted molar refractivity (Wildman–Crippen MR) is 59.2 cm³/mol. The maximum Gasteiger partial charge on any atom is 0.306 e. The number of aromatic nitrogens is 1. The molecule has 2 atom stereocenters. The third kappa shape index (κ3) is 2.47. The van der Waals surface area contributed by atoms with E-state index in [1.165, 1.54) is 0 Å². The summed E-state index contributed by atoms with van der Waals surface area (Å²) in [6.07, 6.45) is 2.42. The van der Waals surface area contributed by atoms with Gasteiger partial charge in [-0.2, -0.15) is 0 Å². The van der Waals surface area contributed by atoms with Crippen molar-refractivity contribution in [3.05, 3.63) is 11.1 Å². The number of rotatable bonds is 3. The van der Waals surface area contributed by atoms with Crippen molar-refractivity contribution in [2.24, 2.45) is 5.92 Å². The molecule has 82 valence electrons. The smallest absolute Gasteiger partial charge is 0.306 e. The van der Waals surface area contributed by atoms with E-state index < -0.39 is 5.97 Å². The van der Waals surface area contributed by atoms with Crippen LogP contribution in [-0.4, -0.2) is 22.1 Å². The molecule has 1 heterocycles. The Morgan fingerprint density at radius 2 is 2.47 bits per heavy atom. The molecule has 5 heteroatoms. The minimum Gasteiger partial charge on any atom is -0.481 e. The number of carboxylic acids is 1. The molecule has 0 amide bonds. The largest absolute Gasteiger partial charge is 0.481 e. The average Bonchev–Trinajstić information content (AvgIpc) is 2.76. The van der Waals surface area contributed by atoms with Crippen LogP contribution in [0.3, 0.4) is 0 Å². The van der Waals surface area contributed by atoms with Gasteiger partial charge in [-0.05, 0) is 26.2 Å². The molecule has 1 fully saturated rings. The monoisotopic (exact) mass is 226 g/mol. The summed E-state index contributed by atoms with van der Waals surface area (Å²) in [5, 5.41) is 15.0. The molecule has 0 spiro atoms. The van der Waals surface area contributed by atoms with Gasteiger partial charge in [-0.15, -0.1) is 11.3 Å². The zero-order valence-electron chi connectivity index (χ0n) is 8.56. The molecule has 1 aliphatic carbocycles. The van der Waals surface area contributed by atoms with E-state index in [0.29, 0.717) is 6.42 Å². The molecule has 0 aromatic carbocycles. The molecule has 1 aromatic heterocycles. The molecule has 1 saturated carbocycles. The maximum absolute atomic E-state index is 10.8. The zero-order chi connectivity index (χ0) is 10.8. The first-order valence-electron chi connectivity index (χ1n) is 5.06. The molecule has 0 unspecified atom stereocenters. The minimum absolute atomic E-state index is 0.177. The van der Waals surface area contributed by atoms with E-state index in [0.717, 1.165) is 23.7 Å². The Hall–Kier alpha value is -1.10. The normalized spacial score (nSPS) is 25.4. The fourth-order valence-electron chi connectivity index (χ4n) is 1.93. The van der Waals surface area contributed by atoms with Crippen LogP contribution in [-0.2, 0) is 4.79 Å². The van der Waals surface area contributed by atoms with Crippen molar-refractivity contribution >= 4 is 22.4 Å². The highest BCUT2D eigenvalue weighted by molar-refractivity contribution is 7.13. The van der Waals surface area contributed by atoms with Crippen LogP contribution in [0.4, 0.5) is 5.13 Å². The summed E-state index contributed by atoms with van der Waals surface area (Å²) >= 11 is 1.58. The lowest BCUT2D eigenvalue weighted by atomic mass is 10.1. The quantitative estimate of drug-likeness (QED) is 0.828. The average molecular weight is 226 g/mol. The van der Waals surface area contributed by atoms with Gasteiger partial charge in [0.2, 0.25) is 0 Å². The molecule has 0 radical (unpaired) electrons. The summed E-state index contributed by atoms with van der Waals surface area (Å²) in [4.78, 5) is 15.1. The van der Waals surface area contributed by atoms with Crippen LogP contribution < -0.4 is 5.32 Å². The minimum atomic E-state index is -0.672. The Labute approximate surface area is 92.3 Å². The van der Waals surface area contributed by atoms with Crippen LogP contribution in [0.5, 0.6) is 0 Å². The van der Waals surface area contributed by atoms with E-state index in [2.05, 4.69) is 10.3 Å². The van der Waals surface area contributed by atoms with Crippen LogP contribution in [0.1, 0.15) is 25.0 Å². The van der Waals surface area contributed by atoms with Crippen molar-refractivity contribution in [3.63, 3.8) is 0 Å². The molecule has 1 aliphatic rings. The van der Waals surface area contributed by atoms with Crippen LogP contribution >= 0.6 is 11.3 Å². The number of carboxylic acid groups (broad SMARTS) is 1. The second kappa shape index (κ2) is 4.18. The fraction of sp³-hybridized carbons (Fsp3) is 0.600.